The van der Waals surface area contributed by atoms with E-state index in [9.17, 15) is 14.0 Å². The molecule has 1 fully saturated rings. The van der Waals surface area contributed by atoms with Gasteiger partial charge in [0.15, 0.2) is 6.61 Å². The molecular weight excluding hydrogens is 361 g/mol. The van der Waals surface area contributed by atoms with Crippen LogP contribution in [0.25, 0.3) is 0 Å². The first-order chi connectivity index (χ1) is 13.5. The van der Waals surface area contributed by atoms with Gasteiger partial charge < -0.3 is 15.2 Å². The lowest BCUT2D eigenvalue weighted by molar-refractivity contribution is -0.139. The maximum Gasteiger partial charge on any atom is 0.341 e. The van der Waals surface area contributed by atoms with Crippen molar-refractivity contribution in [3.8, 4) is 5.75 Å². The first kappa shape index (κ1) is 19.9. The van der Waals surface area contributed by atoms with E-state index in [2.05, 4.69) is 5.32 Å². The van der Waals surface area contributed by atoms with Crippen LogP contribution >= 0.6 is 0 Å². The number of hydrogen-bond donors (Lipinski definition) is 2. The molecule has 0 bridgehead atoms. The average molecular weight is 385 g/mol. The molecule has 0 spiro atoms. The Labute approximate surface area is 163 Å². The lowest BCUT2D eigenvalue weighted by Crippen LogP contribution is -2.43. The predicted molar refractivity (Wildman–Crippen MR) is 103 cm³/mol. The average Bonchev–Trinajstić information content (AvgIpc) is 3.19. The molecule has 1 aliphatic rings. The Morgan fingerprint density at radius 2 is 1.68 bits per heavy atom. The standard InChI is InChI=1S/C22H24FNO4/c23-18-7-5-17(6-8-18)22(12-1-2-13-22)21(27)24-14-11-16-3-9-19(10-4-16)28-15-20(25)26/h3-10H,1-2,11-15H2,(H,24,27)(H,25,26). The van der Waals surface area contributed by atoms with Crippen LogP contribution in [0.15, 0.2) is 48.5 Å². The van der Waals surface area contributed by atoms with Crippen LogP contribution in [0, 0.1) is 5.82 Å². The van der Waals surface area contributed by atoms with E-state index in [-0.39, 0.29) is 18.3 Å². The molecule has 3 rings (SSSR count). The number of ether oxygens (including phenoxy) is 1. The van der Waals surface area contributed by atoms with Gasteiger partial charge in [-0.05, 0) is 54.7 Å². The van der Waals surface area contributed by atoms with E-state index >= 15 is 0 Å². The predicted octanol–water partition coefficient (Wildman–Crippen LogP) is 3.46. The van der Waals surface area contributed by atoms with Crippen molar-refractivity contribution in [1.82, 2.24) is 5.32 Å². The fraction of sp³-hybridized carbons (Fsp3) is 0.364. The van der Waals surface area contributed by atoms with Crippen LogP contribution in [0.2, 0.25) is 0 Å². The second kappa shape index (κ2) is 8.87. The van der Waals surface area contributed by atoms with E-state index < -0.39 is 11.4 Å². The summed E-state index contributed by atoms with van der Waals surface area (Å²) < 4.78 is 18.4. The van der Waals surface area contributed by atoms with Crippen LogP contribution in [0.1, 0.15) is 36.8 Å². The lowest BCUT2D eigenvalue weighted by Gasteiger charge is -2.28. The third kappa shape index (κ3) is 4.68. The zero-order valence-electron chi connectivity index (χ0n) is 15.6. The number of carboxylic acid groups (broad SMARTS) is 1. The summed E-state index contributed by atoms with van der Waals surface area (Å²) in [5.74, 6) is -0.823. The molecule has 1 amide bonds. The highest BCUT2D eigenvalue weighted by Gasteiger charge is 2.42. The number of rotatable bonds is 8. The summed E-state index contributed by atoms with van der Waals surface area (Å²) in [4.78, 5) is 23.5. The van der Waals surface area contributed by atoms with Crippen LogP contribution in [0.5, 0.6) is 5.75 Å². The summed E-state index contributed by atoms with van der Waals surface area (Å²) in [5, 5.41) is 11.7. The fourth-order valence-electron chi connectivity index (χ4n) is 3.78. The summed E-state index contributed by atoms with van der Waals surface area (Å²) in [6.45, 7) is 0.123. The molecule has 2 N–H and O–H groups in total. The molecule has 0 radical (unpaired) electrons. The number of carboxylic acids is 1. The van der Waals surface area contributed by atoms with Crippen molar-refractivity contribution < 1.29 is 23.8 Å². The van der Waals surface area contributed by atoms with E-state index in [0.29, 0.717) is 18.7 Å². The minimum atomic E-state index is -1.02. The van der Waals surface area contributed by atoms with Crippen molar-refractivity contribution in [2.75, 3.05) is 13.2 Å². The topological polar surface area (TPSA) is 75.6 Å². The van der Waals surface area contributed by atoms with Crippen LogP contribution in [-0.4, -0.2) is 30.1 Å². The molecular formula is C22H24FNO4. The monoisotopic (exact) mass is 385 g/mol. The molecule has 0 unspecified atom stereocenters. The van der Waals surface area contributed by atoms with Gasteiger partial charge in [0.25, 0.3) is 0 Å². The third-order valence-electron chi connectivity index (χ3n) is 5.27. The molecule has 2 aromatic rings. The Balaban J connectivity index is 1.56. The van der Waals surface area contributed by atoms with Gasteiger partial charge in [-0.2, -0.15) is 0 Å². The summed E-state index contributed by atoms with van der Waals surface area (Å²) in [6, 6.07) is 13.4. The Morgan fingerprint density at radius 3 is 2.29 bits per heavy atom. The molecule has 5 nitrogen and oxygen atoms in total. The first-order valence-corrected chi connectivity index (χ1v) is 9.47. The largest absolute Gasteiger partial charge is 0.482 e. The number of carbonyl (C=O) groups excluding carboxylic acids is 1. The summed E-state index contributed by atoms with van der Waals surface area (Å²) >= 11 is 0. The minimum Gasteiger partial charge on any atom is -0.482 e. The van der Waals surface area contributed by atoms with Gasteiger partial charge in [-0.3, -0.25) is 4.79 Å². The molecule has 148 valence electrons. The molecule has 28 heavy (non-hydrogen) atoms. The summed E-state index contributed by atoms with van der Waals surface area (Å²) in [7, 11) is 0. The summed E-state index contributed by atoms with van der Waals surface area (Å²) in [6.07, 6.45) is 4.19. The zero-order chi connectivity index (χ0) is 20.0. The van der Waals surface area contributed by atoms with Gasteiger partial charge in [-0.1, -0.05) is 37.1 Å². The second-order valence-corrected chi connectivity index (χ2v) is 7.13. The molecule has 0 atom stereocenters. The van der Waals surface area contributed by atoms with Crippen LogP contribution < -0.4 is 10.1 Å². The van der Waals surface area contributed by atoms with Gasteiger partial charge in [0.2, 0.25) is 5.91 Å². The van der Waals surface area contributed by atoms with E-state index in [4.69, 9.17) is 9.84 Å². The number of benzene rings is 2. The van der Waals surface area contributed by atoms with E-state index in [0.717, 1.165) is 36.8 Å². The molecule has 0 heterocycles. The lowest BCUT2D eigenvalue weighted by atomic mass is 9.78. The highest BCUT2D eigenvalue weighted by Crippen LogP contribution is 2.41. The van der Waals surface area contributed by atoms with E-state index in [1.54, 1.807) is 24.3 Å². The number of halogens is 1. The van der Waals surface area contributed by atoms with Gasteiger partial charge in [-0.15, -0.1) is 0 Å². The van der Waals surface area contributed by atoms with E-state index in [1.807, 2.05) is 12.1 Å². The SMILES string of the molecule is O=C(O)COc1ccc(CCNC(=O)C2(c3ccc(F)cc3)CCCC2)cc1. The maximum absolute atomic E-state index is 13.3. The zero-order valence-corrected chi connectivity index (χ0v) is 15.6. The number of hydrogen-bond acceptors (Lipinski definition) is 3. The molecule has 0 aromatic heterocycles. The molecule has 0 aliphatic heterocycles. The van der Waals surface area contributed by atoms with Crippen LogP contribution in [0.4, 0.5) is 4.39 Å². The molecule has 0 saturated heterocycles. The number of carbonyl (C=O) groups is 2. The molecule has 6 heteroatoms. The quantitative estimate of drug-likeness (QED) is 0.730. The van der Waals surface area contributed by atoms with Crippen molar-refractivity contribution >= 4 is 11.9 Å². The maximum atomic E-state index is 13.3. The number of nitrogens with one attached hydrogen (secondary N) is 1. The van der Waals surface area contributed by atoms with Gasteiger partial charge in [0.1, 0.15) is 11.6 Å². The normalized spacial score (nSPS) is 15.2. The smallest absolute Gasteiger partial charge is 0.341 e. The summed E-state index contributed by atoms with van der Waals surface area (Å²) in [5.41, 5.74) is 1.33. The van der Waals surface area contributed by atoms with Crippen molar-refractivity contribution in [1.29, 1.82) is 0 Å². The number of amides is 1. The fourth-order valence-corrected chi connectivity index (χ4v) is 3.78. The second-order valence-electron chi connectivity index (χ2n) is 7.13. The van der Waals surface area contributed by atoms with Crippen LogP contribution in [-0.2, 0) is 21.4 Å². The Morgan fingerprint density at radius 1 is 1.04 bits per heavy atom. The third-order valence-corrected chi connectivity index (χ3v) is 5.27. The minimum absolute atomic E-state index is 0.00183. The van der Waals surface area contributed by atoms with Gasteiger partial charge >= 0.3 is 5.97 Å². The van der Waals surface area contributed by atoms with E-state index in [1.165, 1.54) is 12.1 Å². The van der Waals surface area contributed by atoms with Crippen molar-refractivity contribution in [2.45, 2.75) is 37.5 Å². The van der Waals surface area contributed by atoms with Crippen LogP contribution in [0.3, 0.4) is 0 Å². The van der Waals surface area contributed by atoms with Crippen molar-refractivity contribution in [2.24, 2.45) is 0 Å². The molecule has 1 aliphatic carbocycles. The van der Waals surface area contributed by atoms with Gasteiger partial charge in [0.05, 0.1) is 5.41 Å². The van der Waals surface area contributed by atoms with Gasteiger partial charge in [-0.25, -0.2) is 9.18 Å². The highest BCUT2D eigenvalue weighted by molar-refractivity contribution is 5.88. The first-order valence-electron chi connectivity index (χ1n) is 9.47. The van der Waals surface area contributed by atoms with Crippen molar-refractivity contribution in [3.63, 3.8) is 0 Å². The molecule has 1 saturated carbocycles. The van der Waals surface area contributed by atoms with Gasteiger partial charge in [0, 0.05) is 6.54 Å². The Hall–Kier alpha value is -2.89. The highest BCUT2D eigenvalue weighted by atomic mass is 19.1. The van der Waals surface area contributed by atoms with Crippen molar-refractivity contribution in [3.05, 3.63) is 65.5 Å². The Bertz CT molecular complexity index is 811. The molecule has 2 aromatic carbocycles. The number of aliphatic carboxylic acids is 1. The Kier molecular flexibility index (Phi) is 6.29.